The number of nitrogens with one attached hydrogen (secondary N) is 1. The van der Waals surface area contributed by atoms with Gasteiger partial charge in [0, 0.05) is 19.6 Å². The standard InChI is InChI=1S/C15H21N3/c1-17-12-13-6-7-15(14(10-13)11-16)18-8-4-2-3-5-9-18/h6-7,10,17H,2-5,8-9,12H2,1H3. The van der Waals surface area contributed by atoms with Gasteiger partial charge in [0.15, 0.2) is 0 Å². The third-order valence-corrected chi connectivity index (χ3v) is 3.51. The van der Waals surface area contributed by atoms with Crippen molar-refractivity contribution in [3.8, 4) is 6.07 Å². The van der Waals surface area contributed by atoms with Crippen LogP contribution in [0.15, 0.2) is 18.2 Å². The van der Waals surface area contributed by atoms with Gasteiger partial charge in [-0.15, -0.1) is 0 Å². The van der Waals surface area contributed by atoms with Gasteiger partial charge in [0.1, 0.15) is 6.07 Å². The van der Waals surface area contributed by atoms with Crippen LogP contribution in [0, 0.1) is 11.3 Å². The second-order valence-corrected chi connectivity index (χ2v) is 4.89. The Labute approximate surface area is 109 Å². The molecule has 0 amide bonds. The fraction of sp³-hybridized carbons (Fsp3) is 0.533. The van der Waals surface area contributed by atoms with Gasteiger partial charge in [0.05, 0.1) is 11.3 Å². The van der Waals surface area contributed by atoms with Crippen molar-refractivity contribution in [2.45, 2.75) is 32.2 Å². The number of hydrogen-bond acceptors (Lipinski definition) is 3. The quantitative estimate of drug-likeness (QED) is 0.887. The van der Waals surface area contributed by atoms with Crippen molar-refractivity contribution in [3.05, 3.63) is 29.3 Å². The Morgan fingerprint density at radius 2 is 1.94 bits per heavy atom. The molecule has 1 N–H and O–H groups in total. The lowest BCUT2D eigenvalue weighted by Crippen LogP contribution is -2.24. The first kappa shape index (κ1) is 12.9. The number of rotatable bonds is 3. The van der Waals surface area contributed by atoms with Crippen LogP contribution in [-0.4, -0.2) is 20.1 Å². The van der Waals surface area contributed by atoms with Crippen LogP contribution < -0.4 is 10.2 Å². The highest BCUT2D eigenvalue weighted by atomic mass is 15.1. The average Bonchev–Trinajstić information content (AvgIpc) is 2.68. The molecule has 0 saturated carbocycles. The maximum atomic E-state index is 9.31. The number of hydrogen-bond donors (Lipinski definition) is 1. The molecule has 1 heterocycles. The normalized spacial score (nSPS) is 16.1. The van der Waals surface area contributed by atoms with Crippen molar-refractivity contribution in [1.29, 1.82) is 5.26 Å². The van der Waals surface area contributed by atoms with Gasteiger partial charge in [-0.2, -0.15) is 5.26 Å². The van der Waals surface area contributed by atoms with E-state index in [0.717, 1.165) is 30.9 Å². The first-order chi connectivity index (χ1) is 8.85. The summed E-state index contributed by atoms with van der Waals surface area (Å²) in [6, 6.07) is 8.58. The van der Waals surface area contributed by atoms with E-state index in [4.69, 9.17) is 0 Å². The topological polar surface area (TPSA) is 39.1 Å². The Balaban J connectivity index is 2.23. The van der Waals surface area contributed by atoms with Gasteiger partial charge in [0.25, 0.3) is 0 Å². The van der Waals surface area contributed by atoms with E-state index in [-0.39, 0.29) is 0 Å². The predicted octanol–water partition coefficient (Wildman–Crippen LogP) is 2.66. The van der Waals surface area contributed by atoms with Crippen molar-refractivity contribution in [3.63, 3.8) is 0 Å². The molecule has 1 aliphatic heterocycles. The fourth-order valence-corrected chi connectivity index (χ4v) is 2.57. The zero-order valence-electron chi connectivity index (χ0n) is 11.1. The molecule has 1 aromatic rings. The molecule has 96 valence electrons. The van der Waals surface area contributed by atoms with Gasteiger partial charge in [-0.3, -0.25) is 0 Å². The molecule has 0 unspecified atom stereocenters. The average molecular weight is 243 g/mol. The lowest BCUT2D eigenvalue weighted by atomic mass is 10.1. The highest BCUT2D eigenvalue weighted by Crippen LogP contribution is 2.24. The first-order valence-corrected chi connectivity index (χ1v) is 6.77. The molecular formula is C15H21N3. The van der Waals surface area contributed by atoms with Crippen LogP contribution in [0.1, 0.15) is 36.8 Å². The van der Waals surface area contributed by atoms with Gasteiger partial charge in [0.2, 0.25) is 0 Å². The second kappa shape index (κ2) is 6.42. The number of benzene rings is 1. The summed E-state index contributed by atoms with van der Waals surface area (Å²) in [5.74, 6) is 0. The van der Waals surface area contributed by atoms with Crippen LogP contribution in [0.4, 0.5) is 5.69 Å². The van der Waals surface area contributed by atoms with Gasteiger partial charge < -0.3 is 10.2 Å². The summed E-state index contributed by atoms with van der Waals surface area (Å²) in [6.07, 6.45) is 5.11. The maximum Gasteiger partial charge on any atom is 0.101 e. The number of anilines is 1. The van der Waals surface area contributed by atoms with E-state index in [9.17, 15) is 5.26 Å². The smallest absolute Gasteiger partial charge is 0.101 e. The summed E-state index contributed by atoms with van der Waals surface area (Å²) < 4.78 is 0. The summed E-state index contributed by atoms with van der Waals surface area (Å²) in [5.41, 5.74) is 3.09. The van der Waals surface area contributed by atoms with E-state index in [1.165, 1.54) is 31.2 Å². The first-order valence-electron chi connectivity index (χ1n) is 6.77. The summed E-state index contributed by atoms with van der Waals surface area (Å²) in [4.78, 5) is 2.37. The summed E-state index contributed by atoms with van der Waals surface area (Å²) >= 11 is 0. The van der Waals surface area contributed by atoms with Crippen LogP contribution in [0.2, 0.25) is 0 Å². The molecule has 0 radical (unpaired) electrons. The van der Waals surface area contributed by atoms with E-state index in [0.29, 0.717) is 0 Å². The molecule has 0 bridgehead atoms. The maximum absolute atomic E-state index is 9.31. The van der Waals surface area contributed by atoms with Crippen LogP contribution in [0.5, 0.6) is 0 Å². The predicted molar refractivity (Wildman–Crippen MR) is 74.6 cm³/mol. The lowest BCUT2D eigenvalue weighted by Gasteiger charge is -2.24. The van der Waals surface area contributed by atoms with Crippen molar-refractivity contribution in [2.24, 2.45) is 0 Å². The molecule has 1 aromatic carbocycles. The fourth-order valence-electron chi connectivity index (χ4n) is 2.57. The van der Waals surface area contributed by atoms with Gasteiger partial charge in [-0.25, -0.2) is 0 Å². The highest BCUT2D eigenvalue weighted by molar-refractivity contribution is 5.60. The van der Waals surface area contributed by atoms with Gasteiger partial charge in [-0.05, 0) is 37.6 Å². The van der Waals surface area contributed by atoms with E-state index in [1.807, 2.05) is 13.1 Å². The van der Waals surface area contributed by atoms with Crippen LogP contribution in [0.25, 0.3) is 0 Å². The molecule has 1 fully saturated rings. The minimum Gasteiger partial charge on any atom is -0.370 e. The number of nitriles is 1. The minimum absolute atomic E-state index is 0.810. The zero-order valence-corrected chi connectivity index (χ0v) is 11.1. The Morgan fingerprint density at radius 1 is 1.22 bits per heavy atom. The Morgan fingerprint density at radius 3 is 2.56 bits per heavy atom. The van der Waals surface area contributed by atoms with E-state index in [2.05, 4.69) is 28.4 Å². The molecule has 3 heteroatoms. The molecule has 0 atom stereocenters. The number of nitrogens with zero attached hydrogens (tertiary/aromatic N) is 2. The van der Waals surface area contributed by atoms with Crippen molar-refractivity contribution < 1.29 is 0 Å². The lowest BCUT2D eigenvalue weighted by molar-refractivity contribution is 0.726. The molecule has 2 rings (SSSR count). The largest absolute Gasteiger partial charge is 0.370 e. The minimum atomic E-state index is 0.810. The molecule has 1 aliphatic rings. The van der Waals surface area contributed by atoms with Crippen LogP contribution in [0.3, 0.4) is 0 Å². The Hall–Kier alpha value is -1.53. The molecule has 0 spiro atoms. The summed E-state index contributed by atoms with van der Waals surface area (Å²) in [6.45, 7) is 2.98. The second-order valence-electron chi connectivity index (χ2n) is 4.89. The molecule has 18 heavy (non-hydrogen) atoms. The summed E-state index contributed by atoms with van der Waals surface area (Å²) in [5, 5.41) is 12.4. The Kier molecular flexibility index (Phi) is 4.60. The van der Waals surface area contributed by atoms with Crippen molar-refractivity contribution >= 4 is 5.69 Å². The monoisotopic (exact) mass is 243 g/mol. The van der Waals surface area contributed by atoms with E-state index >= 15 is 0 Å². The van der Waals surface area contributed by atoms with E-state index in [1.54, 1.807) is 0 Å². The Bertz CT molecular complexity index is 426. The van der Waals surface area contributed by atoms with Gasteiger partial charge in [-0.1, -0.05) is 18.9 Å². The third-order valence-electron chi connectivity index (χ3n) is 3.51. The highest BCUT2D eigenvalue weighted by Gasteiger charge is 2.13. The summed E-state index contributed by atoms with van der Waals surface area (Å²) in [7, 11) is 1.93. The molecule has 0 aliphatic carbocycles. The molecule has 0 aromatic heterocycles. The van der Waals surface area contributed by atoms with Crippen LogP contribution in [-0.2, 0) is 6.54 Å². The van der Waals surface area contributed by atoms with Crippen LogP contribution >= 0.6 is 0 Å². The third kappa shape index (κ3) is 3.02. The SMILES string of the molecule is CNCc1ccc(N2CCCCCC2)c(C#N)c1. The molecular weight excluding hydrogens is 222 g/mol. The van der Waals surface area contributed by atoms with Gasteiger partial charge >= 0.3 is 0 Å². The van der Waals surface area contributed by atoms with Crippen molar-refractivity contribution in [2.75, 3.05) is 25.0 Å². The van der Waals surface area contributed by atoms with Crippen molar-refractivity contribution in [1.82, 2.24) is 5.32 Å². The molecule has 3 nitrogen and oxygen atoms in total. The van der Waals surface area contributed by atoms with E-state index < -0.39 is 0 Å². The molecule has 1 saturated heterocycles. The zero-order chi connectivity index (χ0) is 12.8.